The Morgan fingerprint density at radius 2 is 1.69 bits per heavy atom. The van der Waals surface area contributed by atoms with Crippen molar-refractivity contribution in [1.82, 2.24) is 5.32 Å². The highest BCUT2D eigenvalue weighted by Crippen LogP contribution is 2.24. The van der Waals surface area contributed by atoms with Crippen molar-refractivity contribution in [2.75, 3.05) is 6.54 Å². The molecular formula is C12H17Cl2NO. The third-order valence-corrected chi connectivity index (χ3v) is 2.42. The lowest BCUT2D eigenvalue weighted by Gasteiger charge is -2.17. The van der Waals surface area contributed by atoms with Gasteiger partial charge >= 0.3 is 0 Å². The van der Waals surface area contributed by atoms with Crippen molar-refractivity contribution in [1.29, 1.82) is 0 Å². The standard InChI is InChI=1S/C12H17Cl2NO/c1-8(2)15-7-9(3)16-12-5-10(13)4-11(14)6-12/h4-6,8-9,15H,7H2,1-3H3. The first kappa shape index (κ1) is 13.6. The van der Waals surface area contributed by atoms with Crippen molar-refractivity contribution in [3.8, 4) is 5.75 Å². The highest BCUT2D eigenvalue weighted by Gasteiger charge is 2.06. The molecule has 1 unspecified atom stereocenters. The van der Waals surface area contributed by atoms with E-state index in [-0.39, 0.29) is 6.10 Å². The van der Waals surface area contributed by atoms with Gasteiger partial charge in [-0.1, -0.05) is 37.0 Å². The Hall–Kier alpha value is -0.440. The molecule has 0 aromatic heterocycles. The molecule has 1 aromatic carbocycles. The van der Waals surface area contributed by atoms with E-state index in [1.165, 1.54) is 0 Å². The zero-order valence-electron chi connectivity index (χ0n) is 9.76. The van der Waals surface area contributed by atoms with Crippen LogP contribution in [-0.2, 0) is 0 Å². The number of nitrogens with one attached hydrogen (secondary N) is 1. The van der Waals surface area contributed by atoms with Gasteiger partial charge in [0.1, 0.15) is 11.9 Å². The van der Waals surface area contributed by atoms with Crippen molar-refractivity contribution < 1.29 is 4.74 Å². The smallest absolute Gasteiger partial charge is 0.122 e. The molecule has 0 aliphatic carbocycles. The van der Waals surface area contributed by atoms with Gasteiger partial charge in [0.05, 0.1) is 0 Å². The van der Waals surface area contributed by atoms with E-state index in [1.54, 1.807) is 18.2 Å². The second-order valence-corrected chi connectivity index (χ2v) is 4.97. The second kappa shape index (κ2) is 6.33. The predicted molar refractivity (Wildman–Crippen MR) is 69.7 cm³/mol. The Balaban J connectivity index is 2.52. The summed E-state index contributed by atoms with van der Waals surface area (Å²) < 4.78 is 5.70. The summed E-state index contributed by atoms with van der Waals surface area (Å²) in [7, 11) is 0. The Kier molecular flexibility index (Phi) is 5.39. The van der Waals surface area contributed by atoms with Crippen LogP contribution in [0.5, 0.6) is 5.75 Å². The average Bonchev–Trinajstić information content (AvgIpc) is 2.12. The molecular weight excluding hydrogens is 245 g/mol. The fourth-order valence-corrected chi connectivity index (χ4v) is 1.78. The van der Waals surface area contributed by atoms with E-state index in [2.05, 4.69) is 19.2 Å². The quantitative estimate of drug-likeness (QED) is 0.872. The first-order chi connectivity index (χ1) is 7.47. The summed E-state index contributed by atoms with van der Waals surface area (Å²) in [4.78, 5) is 0. The molecule has 0 saturated carbocycles. The molecule has 0 aliphatic heterocycles. The van der Waals surface area contributed by atoms with Crippen LogP contribution in [0, 0.1) is 0 Å². The number of rotatable bonds is 5. The SMILES string of the molecule is CC(C)NCC(C)Oc1cc(Cl)cc(Cl)c1. The maximum Gasteiger partial charge on any atom is 0.122 e. The number of hydrogen-bond donors (Lipinski definition) is 1. The minimum atomic E-state index is 0.0805. The summed E-state index contributed by atoms with van der Waals surface area (Å²) in [6.07, 6.45) is 0.0805. The van der Waals surface area contributed by atoms with Crippen molar-refractivity contribution >= 4 is 23.2 Å². The van der Waals surface area contributed by atoms with Crippen molar-refractivity contribution in [2.24, 2.45) is 0 Å². The van der Waals surface area contributed by atoms with Gasteiger partial charge in [-0.2, -0.15) is 0 Å². The number of hydrogen-bond acceptors (Lipinski definition) is 2. The summed E-state index contributed by atoms with van der Waals surface area (Å²) in [5.41, 5.74) is 0. The van der Waals surface area contributed by atoms with Crippen molar-refractivity contribution in [3.63, 3.8) is 0 Å². The molecule has 0 bridgehead atoms. The van der Waals surface area contributed by atoms with Gasteiger partial charge in [0.15, 0.2) is 0 Å². The molecule has 1 atom stereocenters. The molecule has 4 heteroatoms. The van der Waals surface area contributed by atoms with E-state index < -0.39 is 0 Å². The Bertz CT molecular complexity index is 322. The second-order valence-electron chi connectivity index (χ2n) is 4.10. The Morgan fingerprint density at radius 3 is 2.19 bits per heavy atom. The molecule has 0 spiro atoms. The molecule has 0 fully saturated rings. The lowest BCUT2D eigenvalue weighted by Crippen LogP contribution is -2.33. The van der Waals surface area contributed by atoms with Gasteiger partial charge in [-0.3, -0.25) is 0 Å². The van der Waals surface area contributed by atoms with Gasteiger partial charge in [-0.15, -0.1) is 0 Å². The summed E-state index contributed by atoms with van der Waals surface area (Å²) >= 11 is 11.8. The van der Waals surface area contributed by atoms with Crippen molar-refractivity contribution in [3.05, 3.63) is 28.2 Å². The molecule has 0 radical (unpaired) electrons. The maximum absolute atomic E-state index is 5.88. The third kappa shape index (κ3) is 5.06. The fraction of sp³-hybridized carbons (Fsp3) is 0.500. The number of ether oxygens (including phenoxy) is 1. The number of halogens is 2. The Labute approximate surface area is 107 Å². The molecule has 0 heterocycles. The fourth-order valence-electron chi connectivity index (χ4n) is 1.27. The largest absolute Gasteiger partial charge is 0.489 e. The molecule has 0 amide bonds. The van der Waals surface area contributed by atoms with Gasteiger partial charge in [-0.05, 0) is 25.1 Å². The maximum atomic E-state index is 5.88. The van der Waals surface area contributed by atoms with Crippen LogP contribution in [0.15, 0.2) is 18.2 Å². The van der Waals surface area contributed by atoms with Gasteiger partial charge < -0.3 is 10.1 Å². The zero-order valence-corrected chi connectivity index (χ0v) is 11.3. The van der Waals surface area contributed by atoms with Gasteiger partial charge in [0.2, 0.25) is 0 Å². The van der Waals surface area contributed by atoms with Crippen LogP contribution < -0.4 is 10.1 Å². The molecule has 1 aromatic rings. The first-order valence-corrected chi connectivity index (χ1v) is 6.09. The molecule has 2 nitrogen and oxygen atoms in total. The molecule has 1 rings (SSSR count). The molecule has 16 heavy (non-hydrogen) atoms. The highest BCUT2D eigenvalue weighted by molar-refractivity contribution is 6.34. The molecule has 0 aliphatic rings. The van der Waals surface area contributed by atoms with Crippen LogP contribution in [0.2, 0.25) is 10.0 Å². The Morgan fingerprint density at radius 1 is 1.12 bits per heavy atom. The average molecular weight is 262 g/mol. The first-order valence-electron chi connectivity index (χ1n) is 5.33. The van der Waals surface area contributed by atoms with E-state index in [4.69, 9.17) is 27.9 Å². The molecule has 90 valence electrons. The summed E-state index contributed by atoms with van der Waals surface area (Å²) in [6.45, 7) is 7.00. The van der Waals surface area contributed by atoms with Crippen LogP contribution in [0.3, 0.4) is 0 Å². The van der Waals surface area contributed by atoms with Crippen molar-refractivity contribution in [2.45, 2.75) is 32.9 Å². The van der Waals surface area contributed by atoms with E-state index in [1.807, 2.05) is 6.92 Å². The zero-order chi connectivity index (χ0) is 12.1. The van der Waals surface area contributed by atoms with Gasteiger partial charge in [-0.25, -0.2) is 0 Å². The van der Waals surface area contributed by atoms with Crippen LogP contribution in [0.1, 0.15) is 20.8 Å². The summed E-state index contributed by atoms with van der Waals surface area (Å²) in [6, 6.07) is 5.67. The predicted octanol–water partition coefficient (Wildman–Crippen LogP) is 3.76. The van der Waals surface area contributed by atoms with E-state index in [0.29, 0.717) is 21.8 Å². The minimum Gasteiger partial charge on any atom is -0.489 e. The topological polar surface area (TPSA) is 21.3 Å². The summed E-state index contributed by atoms with van der Waals surface area (Å²) in [5, 5.41) is 4.48. The van der Waals surface area contributed by atoms with Gasteiger partial charge in [0, 0.05) is 22.6 Å². The molecule has 0 saturated heterocycles. The lowest BCUT2D eigenvalue weighted by molar-refractivity contribution is 0.213. The van der Waals surface area contributed by atoms with Gasteiger partial charge in [0.25, 0.3) is 0 Å². The van der Waals surface area contributed by atoms with Crippen LogP contribution in [0.4, 0.5) is 0 Å². The highest BCUT2D eigenvalue weighted by atomic mass is 35.5. The van der Waals surface area contributed by atoms with Crippen LogP contribution >= 0.6 is 23.2 Å². The molecule has 1 N–H and O–H groups in total. The lowest BCUT2D eigenvalue weighted by atomic mass is 10.3. The number of benzene rings is 1. The van der Waals surface area contributed by atoms with Crippen LogP contribution in [-0.4, -0.2) is 18.7 Å². The monoisotopic (exact) mass is 261 g/mol. The normalized spacial score (nSPS) is 12.9. The van der Waals surface area contributed by atoms with Crippen LogP contribution in [0.25, 0.3) is 0 Å². The van der Waals surface area contributed by atoms with E-state index in [9.17, 15) is 0 Å². The van der Waals surface area contributed by atoms with E-state index >= 15 is 0 Å². The summed E-state index contributed by atoms with van der Waals surface area (Å²) in [5.74, 6) is 0.704. The minimum absolute atomic E-state index is 0.0805. The van der Waals surface area contributed by atoms with E-state index in [0.717, 1.165) is 6.54 Å². The third-order valence-electron chi connectivity index (χ3n) is 1.99.